The smallest absolute Gasteiger partial charge is 0.320 e. The van der Waals surface area contributed by atoms with Crippen molar-refractivity contribution in [2.24, 2.45) is 0 Å². The normalized spacial score (nSPS) is 10.4. The van der Waals surface area contributed by atoms with Gasteiger partial charge in [-0.3, -0.25) is 0 Å². The first-order valence-electron chi connectivity index (χ1n) is 4.42. The first-order valence-corrected chi connectivity index (χ1v) is 4.42. The summed E-state index contributed by atoms with van der Waals surface area (Å²) in [5.41, 5.74) is 0. The van der Waals surface area contributed by atoms with Crippen molar-refractivity contribution in [1.82, 2.24) is 9.80 Å². The lowest BCUT2D eigenvalue weighted by Crippen LogP contribution is -2.44. The predicted molar refractivity (Wildman–Crippen MR) is 48.4 cm³/mol. The van der Waals surface area contributed by atoms with Gasteiger partial charge in [0.1, 0.15) is 0 Å². The molecule has 0 aliphatic rings. The second kappa shape index (κ2) is 6.53. The van der Waals surface area contributed by atoms with Crippen molar-refractivity contribution in [2.75, 3.05) is 33.3 Å². The van der Waals surface area contributed by atoms with E-state index < -0.39 is 19.0 Å². The summed E-state index contributed by atoms with van der Waals surface area (Å²) in [5.74, 6) is 0. The number of urea groups is 1. The highest BCUT2D eigenvalue weighted by Crippen LogP contribution is 2.01. The fourth-order valence-corrected chi connectivity index (χ4v) is 0.929. The maximum absolute atomic E-state index is 12.0. The molecule has 0 aromatic heterocycles. The van der Waals surface area contributed by atoms with Gasteiger partial charge < -0.3 is 14.9 Å². The molecule has 0 saturated heterocycles. The molecule has 0 atom stereocenters. The van der Waals surface area contributed by atoms with Crippen molar-refractivity contribution in [3.8, 4) is 0 Å². The fraction of sp³-hybridized carbons (Fsp3) is 0.875. The van der Waals surface area contributed by atoms with Crippen molar-refractivity contribution in [2.45, 2.75) is 13.3 Å². The number of alkyl halides is 2. The Morgan fingerprint density at radius 3 is 2.43 bits per heavy atom. The number of nitrogens with zero attached hydrogens (tertiary/aromatic N) is 2. The summed E-state index contributed by atoms with van der Waals surface area (Å²) in [6.45, 7) is 1.19. The number of aliphatic hydroxyl groups is 1. The highest BCUT2D eigenvalue weighted by molar-refractivity contribution is 5.74. The molecule has 0 aromatic rings. The van der Waals surface area contributed by atoms with E-state index in [1.807, 2.05) is 0 Å². The van der Waals surface area contributed by atoms with E-state index in [2.05, 4.69) is 0 Å². The number of amides is 2. The van der Waals surface area contributed by atoms with Crippen LogP contribution in [0.4, 0.5) is 13.6 Å². The predicted octanol–water partition coefficient (Wildman–Crippen LogP) is 0.618. The lowest BCUT2D eigenvalue weighted by atomic mass is 10.5. The topological polar surface area (TPSA) is 43.8 Å². The van der Waals surface area contributed by atoms with Crippen molar-refractivity contribution < 1.29 is 18.7 Å². The Morgan fingerprint density at radius 2 is 2.07 bits per heavy atom. The van der Waals surface area contributed by atoms with Gasteiger partial charge in [-0.25, -0.2) is 13.6 Å². The second-order valence-electron chi connectivity index (χ2n) is 2.86. The second-order valence-corrected chi connectivity index (χ2v) is 2.86. The Bertz CT molecular complexity index is 179. The van der Waals surface area contributed by atoms with Gasteiger partial charge in [-0.05, 0) is 6.92 Å². The van der Waals surface area contributed by atoms with Gasteiger partial charge in [0.2, 0.25) is 0 Å². The fourth-order valence-electron chi connectivity index (χ4n) is 0.929. The molecular weight excluding hydrogens is 194 g/mol. The zero-order valence-electron chi connectivity index (χ0n) is 8.41. The quantitative estimate of drug-likeness (QED) is 0.722. The number of rotatable bonds is 5. The van der Waals surface area contributed by atoms with Crippen LogP contribution in [0.25, 0.3) is 0 Å². The van der Waals surface area contributed by atoms with E-state index >= 15 is 0 Å². The maximum Gasteiger partial charge on any atom is 0.320 e. The Morgan fingerprint density at radius 1 is 1.50 bits per heavy atom. The van der Waals surface area contributed by atoms with E-state index in [4.69, 9.17) is 5.11 Å². The average Bonchev–Trinajstić information content (AvgIpc) is 2.14. The molecule has 0 aromatic carbocycles. The number of hydrogen-bond donors (Lipinski definition) is 1. The van der Waals surface area contributed by atoms with E-state index in [0.29, 0.717) is 6.54 Å². The highest BCUT2D eigenvalue weighted by Gasteiger charge is 2.19. The van der Waals surface area contributed by atoms with Crippen LogP contribution in [0.1, 0.15) is 6.92 Å². The third kappa shape index (κ3) is 4.36. The van der Waals surface area contributed by atoms with Gasteiger partial charge in [-0.2, -0.15) is 0 Å². The number of carbonyl (C=O) groups is 1. The molecule has 0 unspecified atom stereocenters. The maximum atomic E-state index is 12.0. The Balaban J connectivity index is 4.24. The molecule has 4 nitrogen and oxygen atoms in total. The summed E-state index contributed by atoms with van der Waals surface area (Å²) in [7, 11) is 1.53. The highest BCUT2D eigenvalue weighted by atomic mass is 19.3. The average molecular weight is 210 g/mol. The molecule has 0 bridgehead atoms. The van der Waals surface area contributed by atoms with Gasteiger partial charge in [0, 0.05) is 20.1 Å². The molecule has 14 heavy (non-hydrogen) atoms. The van der Waals surface area contributed by atoms with Crippen molar-refractivity contribution in [3.05, 3.63) is 0 Å². The lowest BCUT2D eigenvalue weighted by molar-refractivity contribution is 0.0804. The monoisotopic (exact) mass is 210 g/mol. The largest absolute Gasteiger partial charge is 0.395 e. The van der Waals surface area contributed by atoms with Crippen molar-refractivity contribution in [3.63, 3.8) is 0 Å². The number of aliphatic hydroxyl groups excluding tert-OH is 1. The minimum Gasteiger partial charge on any atom is -0.395 e. The molecule has 0 radical (unpaired) electrons. The minimum absolute atomic E-state index is 0.0620. The van der Waals surface area contributed by atoms with Gasteiger partial charge in [0.25, 0.3) is 6.43 Å². The van der Waals surface area contributed by atoms with E-state index in [1.165, 1.54) is 11.9 Å². The van der Waals surface area contributed by atoms with Crippen LogP contribution in [-0.4, -0.2) is 60.7 Å². The Labute approximate surface area is 82.1 Å². The summed E-state index contributed by atoms with van der Waals surface area (Å²) in [6.07, 6.45) is -2.57. The number of carbonyl (C=O) groups excluding carboxylic acids is 1. The van der Waals surface area contributed by atoms with Crippen LogP contribution in [0.15, 0.2) is 0 Å². The zero-order valence-corrected chi connectivity index (χ0v) is 8.41. The minimum atomic E-state index is -2.57. The molecule has 0 aliphatic carbocycles. The van der Waals surface area contributed by atoms with Gasteiger partial charge in [-0.1, -0.05) is 0 Å². The molecular formula is C8H16F2N2O2. The molecule has 0 saturated carbocycles. The van der Waals surface area contributed by atoms with Crippen molar-refractivity contribution >= 4 is 6.03 Å². The van der Waals surface area contributed by atoms with Gasteiger partial charge in [-0.15, -0.1) is 0 Å². The molecule has 6 heteroatoms. The van der Waals surface area contributed by atoms with E-state index in [-0.39, 0.29) is 13.2 Å². The van der Waals surface area contributed by atoms with Crippen molar-refractivity contribution in [1.29, 1.82) is 0 Å². The summed E-state index contributed by atoms with van der Waals surface area (Å²) < 4.78 is 24.1. The number of halogens is 2. The van der Waals surface area contributed by atoms with Crippen LogP contribution in [-0.2, 0) is 0 Å². The molecule has 0 rings (SSSR count). The van der Waals surface area contributed by atoms with Crippen LogP contribution < -0.4 is 0 Å². The van der Waals surface area contributed by atoms with Crippen LogP contribution in [0.2, 0.25) is 0 Å². The Kier molecular flexibility index (Phi) is 6.11. The van der Waals surface area contributed by atoms with Crippen LogP contribution >= 0.6 is 0 Å². The third-order valence-electron chi connectivity index (χ3n) is 1.80. The third-order valence-corrected chi connectivity index (χ3v) is 1.80. The van der Waals surface area contributed by atoms with E-state index in [1.54, 1.807) is 6.92 Å². The lowest BCUT2D eigenvalue weighted by Gasteiger charge is -2.26. The van der Waals surface area contributed by atoms with E-state index in [9.17, 15) is 13.6 Å². The van der Waals surface area contributed by atoms with Crippen LogP contribution in [0, 0.1) is 0 Å². The number of hydrogen-bond acceptors (Lipinski definition) is 2. The molecule has 0 aliphatic heterocycles. The van der Waals surface area contributed by atoms with Gasteiger partial charge in [0.05, 0.1) is 13.2 Å². The Hall–Kier alpha value is -0.910. The standard InChI is InChI=1S/C8H16F2N2O2/c1-3-11(2)8(14)12(4-5-13)6-7(9)10/h7,13H,3-6H2,1-2H3. The summed E-state index contributed by atoms with van der Waals surface area (Å²) in [6, 6.07) is -0.484. The first kappa shape index (κ1) is 13.1. The SMILES string of the molecule is CCN(C)C(=O)N(CCO)CC(F)F. The van der Waals surface area contributed by atoms with Gasteiger partial charge >= 0.3 is 6.03 Å². The van der Waals surface area contributed by atoms with Crippen LogP contribution in [0.5, 0.6) is 0 Å². The zero-order chi connectivity index (χ0) is 11.1. The van der Waals surface area contributed by atoms with Gasteiger partial charge in [0.15, 0.2) is 0 Å². The van der Waals surface area contributed by atoms with E-state index in [0.717, 1.165) is 4.90 Å². The first-order chi connectivity index (χ1) is 6.52. The molecule has 0 heterocycles. The molecule has 0 spiro atoms. The molecule has 2 amide bonds. The molecule has 1 N–H and O–H groups in total. The van der Waals surface area contributed by atoms with Crippen LogP contribution in [0.3, 0.4) is 0 Å². The molecule has 0 fully saturated rings. The summed E-state index contributed by atoms with van der Waals surface area (Å²) >= 11 is 0. The summed E-state index contributed by atoms with van der Waals surface area (Å²) in [4.78, 5) is 13.7. The molecule has 84 valence electrons. The summed E-state index contributed by atoms with van der Waals surface area (Å²) in [5, 5.41) is 8.60.